The summed E-state index contributed by atoms with van der Waals surface area (Å²) in [5, 5.41) is 11.8. The molecule has 4 N–H and O–H groups in total. The van der Waals surface area contributed by atoms with Gasteiger partial charge in [0.15, 0.2) is 0 Å². The van der Waals surface area contributed by atoms with Crippen molar-refractivity contribution in [2.45, 2.75) is 0 Å². The molecule has 5 nitrogen and oxygen atoms in total. The fraction of sp³-hybridized carbons (Fsp3) is 0. The minimum Gasteiger partial charge on any atom is -0.465 e. The zero-order chi connectivity index (χ0) is 11.7. The van der Waals surface area contributed by atoms with Gasteiger partial charge in [-0.15, -0.1) is 0 Å². The molecule has 0 unspecified atom stereocenters. The third kappa shape index (κ3) is 1.72. The van der Waals surface area contributed by atoms with Gasteiger partial charge in [0.25, 0.3) is 0 Å². The molecule has 0 saturated heterocycles. The predicted molar refractivity (Wildman–Crippen MR) is 62.8 cm³/mol. The normalized spacial score (nSPS) is 10.3. The van der Waals surface area contributed by atoms with Gasteiger partial charge in [-0.3, -0.25) is 10.3 Å². The SMILES string of the molecule is Nc1c(Cl)cc(NC(=O)O)c2ncccc12. The van der Waals surface area contributed by atoms with Crippen LogP contribution >= 0.6 is 11.6 Å². The van der Waals surface area contributed by atoms with E-state index in [9.17, 15) is 4.79 Å². The molecular weight excluding hydrogens is 230 g/mol. The second kappa shape index (κ2) is 3.86. The Morgan fingerprint density at radius 3 is 3.00 bits per heavy atom. The van der Waals surface area contributed by atoms with E-state index in [-0.39, 0.29) is 0 Å². The van der Waals surface area contributed by atoms with Gasteiger partial charge in [-0.1, -0.05) is 11.6 Å². The summed E-state index contributed by atoms with van der Waals surface area (Å²) in [6.07, 6.45) is 0.385. The number of anilines is 2. The van der Waals surface area contributed by atoms with Crippen LogP contribution in [0.1, 0.15) is 0 Å². The number of benzene rings is 1. The summed E-state index contributed by atoms with van der Waals surface area (Å²) in [6, 6.07) is 4.89. The molecule has 0 spiro atoms. The van der Waals surface area contributed by atoms with Crippen LogP contribution in [-0.2, 0) is 0 Å². The molecule has 2 rings (SSSR count). The Bertz CT molecular complexity index is 571. The lowest BCUT2D eigenvalue weighted by Gasteiger charge is -2.09. The quantitative estimate of drug-likeness (QED) is 0.665. The average Bonchev–Trinajstić information content (AvgIpc) is 2.25. The minimum atomic E-state index is -1.17. The van der Waals surface area contributed by atoms with Crippen LogP contribution in [0.2, 0.25) is 5.02 Å². The zero-order valence-electron chi connectivity index (χ0n) is 8.07. The summed E-state index contributed by atoms with van der Waals surface area (Å²) >= 11 is 5.89. The molecule has 0 aliphatic carbocycles. The monoisotopic (exact) mass is 237 g/mol. The molecule has 6 heteroatoms. The molecule has 2 aromatic rings. The molecule has 0 bridgehead atoms. The van der Waals surface area contributed by atoms with Gasteiger partial charge < -0.3 is 10.8 Å². The second-order valence-corrected chi connectivity index (χ2v) is 3.56. The first kappa shape index (κ1) is 10.5. The molecule has 16 heavy (non-hydrogen) atoms. The lowest BCUT2D eigenvalue weighted by atomic mass is 10.1. The number of carboxylic acid groups (broad SMARTS) is 1. The number of nitrogens with one attached hydrogen (secondary N) is 1. The lowest BCUT2D eigenvalue weighted by molar-refractivity contribution is 0.210. The third-order valence-electron chi connectivity index (χ3n) is 2.12. The molecule has 0 fully saturated rings. The molecule has 0 aliphatic rings. The Labute approximate surface area is 95.8 Å². The van der Waals surface area contributed by atoms with Crippen molar-refractivity contribution in [2.24, 2.45) is 0 Å². The van der Waals surface area contributed by atoms with Gasteiger partial charge in [-0.25, -0.2) is 4.79 Å². The Hall–Kier alpha value is -2.01. The molecule has 0 saturated carbocycles. The number of halogens is 1. The number of hydrogen-bond acceptors (Lipinski definition) is 3. The van der Waals surface area contributed by atoms with Gasteiger partial charge in [0, 0.05) is 11.6 Å². The predicted octanol–water partition coefficient (Wildman–Crippen LogP) is 2.56. The van der Waals surface area contributed by atoms with E-state index in [4.69, 9.17) is 22.4 Å². The number of nitrogens with two attached hydrogens (primary N) is 1. The van der Waals surface area contributed by atoms with Crippen LogP contribution in [0.5, 0.6) is 0 Å². The molecule has 82 valence electrons. The fourth-order valence-corrected chi connectivity index (χ4v) is 1.66. The standard InChI is InChI=1S/C10H8ClN3O2/c11-6-4-7(14-10(15)16)9-5(8(6)12)2-1-3-13-9/h1-4,14H,12H2,(H,15,16). The number of aromatic nitrogens is 1. The number of nitrogens with zero attached hydrogens (tertiary/aromatic N) is 1. The maximum Gasteiger partial charge on any atom is 0.409 e. The van der Waals surface area contributed by atoms with Crippen molar-refractivity contribution >= 4 is 40.0 Å². The number of fused-ring (bicyclic) bond motifs is 1. The molecule has 1 aromatic heterocycles. The summed E-state index contributed by atoms with van der Waals surface area (Å²) in [7, 11) is 0. The molecule has 0 aliphatic heterocycles. The van der Waals surface area contributed by atoms with Crippen LogP contribution < -0.4 is 11.1 Å². The van der Waals surface area contributed by atoms with Gasteiger partial charge in [0.05, 0.1) is 21.9 Å². The second-order valence-electron chi connectivity index (χ2n) is 3.15. The molecule has 1 heterocycles. The van der Waals surface area contributed by atoms with E-state index >= 15 is 0 Å². The van der Waals surface area contributed by atoms with E-state index in [1.807, 2.05) is 0 Å². The van der Waals surface area contributed by atoms with Gasteiger partial charge >= 0.3 is 6.09 Å². The summed E-state index contributed by atoms with van der Waals surface area (Å²) in [6.45, 7) is 0. The van der Waals surface area contributed by atoms with E-state index in [0.29, 0.717) is 27.3 Å². The highest BCUT2D eigenvalue weighted by Gasteiger charge is 2.10. The number of nitrogen functional groups attached to an aromatic ring is 1. The van der Waals surface area contributed by atoms with E-state index in [2.05, 4.69) is 10.3 Å². The minimum absolute atomic E-state index is 0.296. The topological polar surface area (TPSA) is 88.2 Å². The van der Waals surface area contributed by atoms with Gasteiger partial charge in [0.1, 0.15) is 0 Å². The third-order valence-corrected chi connectivity index (χ3v) is 2.44. The largest absolute Gasteiger partial charge is 0.465 e. The van der Waals surface area contributed by atoms with E-state index < -0.39 is 6.09 Å². The van der Waals surface area contributed by atoms with Crippen molar-refractivity contribution in [1.82, 2.24) is 4.98 Å². The Morgan fingerprint density at radius 1 is 1.56 bits per heavy atom. The van der Waals surface area contributed by atoms with Crippen LogP contribution in [0, 0.1) is 0 Å². The van der Waals surface area contributed by atoms with Gasteiger partial charge in [-0.05, 0) is 18.2 Å². The number of amides is 1. The van der Waals surface area contributed by atoms with Crippen molar-refractivity contribution < 1.29 is 9.90 Å². The first-order chi connectivity index (χ1) is 7.59. The Kier molecular flexibility index (Phi) is 2.54. The maximum atomic E-state index is 10.6. The van der Waals surface area contributed by atoms with Crippen molar-refractivity contribution in [3.8, 4) is 0 Å². The smallest absolute Gasteiger partial charge is 0.409 e. The summed E-state index contributed by atoms with van der Waals surface area (Å²) in [4.78, 5) is 14.7. The summed E-state index contributed by atoms with van der Waals surface area (Å²) < 4.78 is 0. The number of hydrogen-bond donors (Lipinski definition) is 3. The van der Waals surface area contributed by atoms with E-state index in [1.54, 1.807) is 18.3 Å². The van der Waals surface area contributed by atoms with Crippen LogP contribution in [0.25, 0.3) is 10.9 Å². The zero-order valence-corrected chi connectivity index (χ0v) is 8.82. The average molecular weight is 238 g/mol. The van der Waals surface area contributed by atoms with Crippen molar-refractivity contribution in [3.63, 3.8) is 0 Å². The van der Waals surface area contributed by atoms with Crippen LogP contribution in [0.3, 0.4) is 0 Å². The number of carbonyl (C=O) groups is 1. The summed E-state index contributed by atoms with van der Waals surface area (Å²) in [5.74, 6) is 0. The van der Waals surface area contributed by atoms with Crippen LogP contribution in [0.4, 0.5) is 16.2 Å². The van der Waals surface area contributed by atoms with Gasteiger partial charge in [0.2, 0.25) is 0 Å². The van der Waals surface area contributed by atoms with Gasteiger partial charge in [-0.2, -0.15) is 0 Å². The molecule has 0 radical (unpaired) electrons. The first-order valence-electron chi connectivity index (χ1n) is 4.42. The highest BCUT2D eigenvalue weighted by molar-refractivity contribution is 6.35. The maximum absolute atomic E-state index is 10.6. The summed E-state index contributed by atoms with van der Waals surface area (Å²) in [5.41, 5.74) is 6.96. The first-order valence-corrected chi connectivity index (χ1v) is 4.80. The van der Waals surface area contributed by atoms with Crippen molar-refractivity contribution in [1.29, 1.82) is 0 Å². The lowest BCUT2D eigenvalue weighted by Crippen LogP contribution is -2.08. The van der Waals surface area contributed by atoms with Crippen LogP contribution in [-0.4, -0.2) is 16.2 Å². The molecule has 1 amide bonds. The van der Waals surface area contributed by atoms with Crippen LogP contribution in [0.15, 0.2) is 24.4 Å². The Morgan fingerprint density at radius 2 is 2.31 bits per heavy atom. The molecule has 0 atom stereocenters. The highest BCUT2D eigenvalue weighted by atomic mass is 35.5. The van der Waals surface area contributed by atoms with Crippen molar-refractivity contribution in [2.75, 3.05) is 11.1 Å². The fourth-order valence-electron chi connectivity index (χ4n) is 1.45. The highest BCUT2D eigenvalue weighted by Crippen LogP contribution is 2.33. The number of rotatable bonds is 1. The Balaban J connectivity index is 2.74. The molecular formula is C10H8ClN3O2. The number of pyridine rings is 1. The van der Waals surface area contributed by atoms with Crippen molar-refractivity contribution in [3.05, 3.63) is 29.4 Å². The molecule has 1 aromatic carbocycles. The van der Waals surface area contributed by atoms with E-state index in [1.165, 1.54) is 6.07 Å². The van der Waals surface area contributed by atoms with E-state index in [0.717, 1.165) is 0 Å².